The Kier molecular flexibility index (Phi) is 2.46. The van der Waals surface area contributed by atoms with Crippen molar-refractivity contribution in [3.05, 3.63) is 35.5 Å². The van der Waals surface area contributed by atoms with Gasteiger partial charge < -0.3 is 5.73 Å². The Labute approximate surface area is 92.4 Å². The number of pyridine rings is 1. The van der Waals surface area contributed by atoms with Crippen LogP contribution in [0.25, 0.3) is 10.9 Å². The van der Waals surface area contributed by atoms with Crippen LogP contribution in [0.4, 0.5) is 5.69 Å². The largest absolute Gasteiger partial charge is 0.398 e. The van der Waals surface area contributed by atoms with Crippen LogP contribution in [-0.2, 0) is 0 Å². The van der Waals surface area contributed by atoms with Crippen molar-refractivity contribution < 1.29 is 4.79 Å². The van der Waals surface area contributed by atoms with E-state index in [0.717, 1.165) is 16.6 Å². The number of nitrogens with one attached hydrogen (secondary N) is 1. The molecule has 16 heavy (non-hydrogen) atoms. The quantitative estimate of drug-likeness (QED) is 0.372. The number of nitrogen functional groups attached to an aromatic ring is 2. The first-order valence-corrected chi connectivity index (χ1v) is 4.79. The lowest BCUT2D eigenvalue weighted by atomic mass is 10.1. The Hall–Kier alpha value is -2.14. The highest BCUT2D eigenvalue weighted by Crippen LogP contribution is 2.21. The van der Waals surface area contributed by atoms with Gasteiger partial charge in [-0.1, -0.05) is 0 Å². The lowest BCUT2D eigenvalue weighted by Gasteiger charge is -2.05. The molecule has 2 aromatic rings. The predicted octanol–water partition coefficient (Wildman–Crippen LogP) is 0.729. The molecule has 1 amide bonds. The Balaban J connectivity index is 2.66. The Morgan fingerprint density at radius 3 is 2.81 bits per heavy atom. The highest BCUT2D eigenvalue weighted by atomic mass is 16.2. The molecule has 1 aromatic heterocycles. The number of amides is 1. The molecule has 0 atom stereocenters. The summed E-state index contributed by atoms with van der Waals surface area (Å²) in [5.74, 6) is 4.72. The van der Waals surface area contributed by atoms with E-state index in [2.05, 4.69) is 10.4 Å². The molecule has 5 N–H and O–H groups in total. The minimum atomic E-state index is -0.345. The van der Waals surface area contributed by atoms with Gasteiger partial charge in [-0.3, -0.25) is 15.2 Å². The van der Waals surface area contributed by atoms with Gasteiger partial charge in [0.05, 0.1) is 5.52 Å². The molecule has 5 nitrogen and oxygen atoms in total. The summed E-state index contributed by atoms with van der Waals surface area (Å²) in [6, 6.07) is 6.87. The van der Waals surface area contributed by atoms with Gasteiger partial charge in [-0.2, -0.15) is 0 Å². The van der Waals surface area contributed by atoms with Gasteiger partial charge in [0, 0.05) is 22.3 Å². The summed E-state index contributed by atoms with van der Waals surface area (Å²) >= 11 is 0. The molecular weight excluding hydrogens is 204 g/mol. The normalized spacial score (nSPS) is 10.4. The number of nitrogens with zero attached hydrogens (tertiary/aromatic N) is 1. The summed E-state index contributed by atoms with van der Waals surface area (Å²) in [6.45, 7) is 1.87. The lowest BCUT2D eigenvalue weighted by molar-refractivity contribution is 0.0954. The van der Waals surface area contributed by atoms with Crippen molar-refractivity contribution in [2.45, 2.75) is 6.92 Å². The standard InChI is InChI=1S/C11H12N4O/c1-6-4-9(12)8-5-7(11(16)15-13)2-3-10(8)14-6/h2-5H,13H2,1H3,(H2,12,14)(H,15,16). The summed E-state index contributed by atoms with van der Waals surface area (Å²) in [4.78, 5) is 15.7. The van der Waals surface area contributed by atoms with Crippen LogP contribution >= 0.6 is 0 Å². The number of hydrogen-bond donors (Lipinski definition) is 3. The van der Waals surface area contributed by atoms with Gasteiger partial charge >= 0.3 is 0 Å². The molecule has 0 aliphatic rings. The van der Waals surface area contributed by atoms with E-state index in [4.69, 9.17) is 11.6 Å². The molecule has 0 spiro atoms. The summed E-state index contributed by atoms with van der Waals surface area (Å²) in [5, 5.41) is 0.756. The third-order valence-corrected chi connectivity index (χ3v) is 2.36. The fourth-order valence-corrected chi connectivity index (χ4v) is 1.61. The predicted molar refractivity (Wildman–Crippen MR) is 62.5 cm³/mol. The zero-order chi connectivity index (χ0) is 11.7. The Bertz CT molecular complexity index is 565. The maximum absolute atomic E-state index is 11.3. The van der Waals surface area contributed by atoms with Crippen LogP contribution in [0.15, 0.2) is 24.3 Å². The van der Waals surface area contributed by atoms with E-state index in [1.165, 1.54) is 0 Å². The fourth-order valence-electron chi connectivity index (χ4n) is 1.61. The summed E-state index contributed by atoms with van der Waals surface area (Å²) in [6.07, 6.45) is 0. The second kappa shape index (κ2) is 3.79. The SMILES string of the molecule is Cc1cc(N)c2cc(C(=O)NN)ccc2n1. The zero-order valence-electron chi connectivity index (χ0n) is 8.82. The van der Waals surface area contributed by atoms with Crippen molar-refractivity contribution in [3.63, 3.8) is 0 Å². The average molecular weight is 216 g/mol. The minimum Gasteiger partial charge on any atom is -0.398 e. The van der Waals surface area contributed by atoms with Crippen molar-refractivity contribution in [1.82, 2.24) is 10.4 Å². The summed E-state index contributed by atoms with van der Waals surface area (Å²) in [5.41, 5.74) is 10.6. The molecule has 82 valence electrons. The molecule has 5 heteroatoms. The fraction of sp³-hybridized carbons (Fsp3) is 0.0909. The Morgan fingerprint density at radius 2 is 2.12 bits per heavy atom. The van der Waals surface area contributed by atoms with Crippen LogP contribution in [0.3, 0.4) is 0 Å². The third kappa shape index (κ3) is 1.68. The molecule has 0 saturated carbocycles. The molecule has 0 saturated heterocycles. The first-order chi connectivity index (χ1) is 7.61. The van der Waals surface area contributed by atoms with Crippen LogP contribution in [-0.4, -0.2) is 10.9 Å². The maximum Gasteiger partial charge on any atom is 0.265 e. The molecule has 0 radical (unpaired) electrons. The van der Waals surface area contributed by atoms with Crippen LogP contribution in [0.5, 0.6) is 0 Å². The van der Waals surface area contributed by atoms with E-state index in [-0.39, 0.29) is 5.91 Å². The number of hydrazine groups is 1. The molecule has 0 fully saturated rings. The van der Waals surface area contributed by atoms with Gasteiger partial charge in [0.2, 0.25) is 0 Å². The number of aromatic nitrogens is 1. The van der Waals surface area contributed by atoms with E-state index in [1.807, 2.05) is 6.92 Å². The number of aryl methyl sites for hydroxylation is 1. The van der Waals surface area contributed by atoms with Crippen molar-refractivity contribution in [1.29, 1.82) is 0 Å². The number of rotatable bonds is 1. The summed E-state index contributed by atoms with van der Waals surface area (Å²) in [7, 11) is 0. The topological polar surface area (TPSA) is 94.0 Å². The first kappa shape index (κ1) is 10.4. The number of carbonyl (C=O) groups excluding carboxylic acids is 1. The van der Waals surface area contributed by atoms with Crippen molar-refractivity contribution in [3.8, 4) is 0 Å². The first-order valence-electron chi connectivity index (χ1n) is 4.79. The molecule has 1 aromatic carbocycles. The lowest BCUT2D eigenvalue weighted by Crippen LogP contribution is -2.29. The number of anilines is 1. The Morgan fingerprint density at radius 1 is 1.38 bits per heavy atom. The molecule has 0 bridgehead atoms. The van der Waals surface area contributed by atoms with Crippen molar-refractivity contribution >= 4 is 22.5 Å². The number of nitrogens with two attached hydrogens (primary N) is 2. The van der Waals surface area contributed by atoms with E-state index in [1.54, 1.807) is 24.3 Å². The van der Waals surface area contributed by atoms with Gasteiger partial charge in [0.15, 0.2) is 0 Å². The van der Waals surface area contributed by atoms with Crippen molar-refractivity contribution in [2.75, 3.05) is 5.73 Å². The van der Waals surface area contributed by atoms with Gasteiger partial charge in [0.25, 0.3) is 5.91 Å². The minimum absolute atomic E-state index is 0.345. The zero-order valence-corrected chi connectivity index (χ0v) is 8.82. The van der Waals surface area contributed by atoms with Gasteiger partial charge in [-0.25, -0.2) is 5.84 Å². The van der Waals surface area contributed by atoms with Crippen LogP contribution in [0.2, 0.25) is 0 Å². The molecule has 2 rings (SSSR count). The van der Waals surface area contributed by atoms with Crippen LogP contribution in [0.1, 0.15) is 16.1 Å². The van der Waals surface area contributed by atoms with Crippen LogP contribution < -0.4 is 17.0 Å². The molecule has 0 unspecified atom stereocenters. The number of hydrogen-bond acceptors (Lipinski definition) is 4. The second-order valence-corrected chi connectivity index (χ2v) is 3.56. The van der Waals surface area contributed by atoms with E-state index in [9.17, 15) is 4.79 Å². The smallest absolute Gasteiger partial charge is 0.265 e. The molecular formula is C11H12N4O. The monoisotopic (exact) mass is 216 g/mol. The molecule has 0 aliphatic heterocycles. The van der Waals surface area contributed by atoms with Crippen molar-refractivity contribution in [2.24, 2.45) is 5.84 Å². The number of benzene rings is 1. The van der Waals surface area contributed by atoms with E-state index >= 15 is 0 Å². The van der Waals surface area contributed by atoms with E-state index < -0.39 is 0 Å². The van der Waals surface area contributed by atoms with Gasteiger partial charge in [0.1, 0.15) is 0 Å². The third-order valence-electron chi connectivity index (χ3n) is 2.36. The average Bonchev–Trinajstić information content (AvgIpc) is 2.27. The molecule has 0 aliphatic carbocycles. The van der Waals surface area contributed by atoms with E-state index in [0.29, 0.717) is 11.3 Å². The summed E-state index contributed by atoms with van der Waals surface area (Å²) < 4.78 is 0. The highest BCUT2D eigenvalue weighted by molar-refractivity contribution is 6.00. The molecule has 1 heterocycles. The number of carbonyl (C=O) groups is 1. The second-order valence-electron chi connectivity index (χ2n) is 3.56. The number of fused-ring (bicyclic) bond motifs is 1. The highest BCUT2D eigenvalue weighted by Gasteiger charge is 2.07. The van der Waals surface area contributed by atoms with Crippen LogP contribution in [0, 0.1) is 6.92 Å². The maximum atomic E-state index is 11.3. The van der Waals surface area contributed by atoms with Gasteiger partial charge in [-0.15, -0.1) is 0 Å². The van der Waals surface area contributed by atoms with Gasteiger partial charge in [-0.05, 0) is 31.2 Å².